The van der Waals surface area contributed by atoms with Crippen molar-refractivity contribution in [1.29, 1.82) is 0 Å². The number of aliphatic carboxylic acids is 1. The number of rotatable bonds is 9. The lowest BCUT2D eigenvalue weighted by Gasteiger charge is -2.38. The Balaban J connectivity index is 1.45. The summed E-state index contributed by atoms with van der Waals surface area (Å²) in [4.78, 5) is 25.5. The number of nitrogens with one attached hydrogen (secondary N) is 1. The van der Waals surface area contributed by atoms with E-state index in [0.717, 1.165) is 31.6 Å². The van der Waals surface area contributed by atoms with Crippen LogP contribution < -0.4 is 10.1 Å². The maximum atomic E-state index is 11.9. The molecule has 3 rings (SSSR count). The van der Waals surface area contributed by atoms with Crippen LogP contribution in [0.5, 0.6) is 5.75 Å². The molecule has 0 saturated carbocycles. The number of likely N-dealkylation sites (tertiary alicyclic amines) is 1. The molecule has 0 aliphatic carbocycles. The molecule has 32 heavy (non-hydrogen) atoms. The molecule has 2 aliphatic heterocycles. The summed E-state index contributed by atoms with van der Waals surface area (Å²) >= 11 is 0. The number of benzene rings is 1. The van der Waals surface area contributed by atoms with Crippen molar-refractivity contribution in [3.8, 4) is 5.75 Å². The van der Waals surface area contributed by atoms with E-state index in [0.29, 0.717) is 6.54 Å². The molecule has 0 bridgehead atoms. The Bertz CT molecular complexity index is 794. The van der Waals surface area contributed by atoms with Crippen LogP contribution in [0.25, 0.3) is 6.08 Å². The number of aliphatic hydroxyl groups is 3. The normalized spacial score (nSPS) is 28.7. The lowest BCUT2D eigenvalue weighted by Crippen LogP contribution is -2.61. The van der Waals surface area contributed by atoms with Gasteiger partial charge in [0.2, 0.25) is 12.2 Å². The van der Waals surface area contributed by atoms with Crippen LogP contribution in [-0.2, 0) is 14.3 Å². The zero-order valence-electron chi connectivity index (χ0n) is 17.7. The van der Waals surface area contributed by atoms with Crippen LogP contribution in [0.15, 0.2) is 30.3 Å². The molecular formula is C22H30N2O8. The summed E-state index contributed by atoms with van der Waals surface area (Å²) < 4.78 is 10.5. The van der Waals surface area contributed by atoms with Crippen molar-refractivity contribution >= 4 is 18.0 Å². The molecule has 1 amide bonds. The Hall–Kier alpha value is -2.50. The van der Waals surface area contributed by atoms with Gasteiger partial charge >= 0.3 is 5.97 Å². The standard InChI is InChI=1S/C22H30N2O8/c25-16(23-10-3-13-24-11-1-2-12-24)9-6-14-4-7-15(8-5-14)31-22-19(28)17(26)18(27)20(32-22)21(29)30/h4-9,17-20,22,26-28H,1-3,10-13H2,(H,23,25)(H,29,30)/b9-6+/t17-,18?,19?,20-,22+/m0/s1. The molecule has 10 nitrogen and oxygen atoms in total. The van der Waals surface area contributed by atoms with Crippen molar-refractivity contribution in [2.45, 2.75) is 50.0 Å². The average Bonchev–Trinajstić information content (AvgIpc) is 3.30. The van der Waals surface area contributed by atoms with E-state index in [4.69, 9.17) is 14.6 Å². The van der Waals surface area contributed by atoms with Gasteiger partial charge < -0.3 is 40.1 Å². The summed E-state index contributed by atoms with van der Waals surface area (Å²) in [5.74, 6) is -1.41. The first-order chi connectivity index (χ1) is 15.3. The molecule has 0 aromatic heterocycles. The van der Waals surface area contributed by atoms with Crippen LogP contribution in [0.2, 0.25) is 0 Å². The van der Waals surface area contributed by atoms with E-state index in [1.165, 1.54) is 18.9 Å². The van der Waals surface area contributed by atoms with Gasteiger partial charge in [-0.25, -0.2) is 4.79 Å². The van der Waals surface area contributed by atoms with Gasteiger partial charge in [0, 0.05) is 12.6 Å². The lowest BCUT2D eigenvalue weighted by molar-refractivity contribution is -0.271. The molecule has 10 heteroatoms. The summed E-state index contributed by atoms with van der Waals surface area (Å²) in [6.07, 6.45) is -1.84. The van der Waals surface area contributed by atoms with Gasteiger partial charge in [-0.2, -0.15) is 0 Å². The highest BCUT2D eigenvalue weighted by atomic mass is 16.7. The van der Waals surface area contributed by atoms with E-state index in [1.54, 1.807) is 30.3 Å². The number of aliphatic hydroxyl groups excluding tert-OH is 3. The second-order valence-corrected chi connectivity index (χ2v) is 7.95. The van der Waals surface area contributed by atoms with Crippen LogP contribution in [0.1, 0.15) is 24.8 Å². The molecule has 1 aromatic rings. The van der Waals surface area contributed by atoms with E-state index in [-0.39, 0.29) is 11.7 Å². The summed E-state index contributed by atoms with van der Waals surface area (Å²) in [6.45, 7) is 3.90. The lowest BCUT2D eigenvalue weighted by atomic mass is 9.99. The molecule has 0 radical (unpaired) electrons. The van der Waals surface area contributed by atoms with Crippen molar-refractivity contribution < 1.29 is 39.5 Å². The minimum Gasteiger partial charge on any atom is -0.479 e. The van der Waals surface area contributed by atoms with Crippen LogP contribution in [0.4, 0.5) is 0 Å². The monoisotopic (exact) mass is 450 g/mol. The number of carboxylic acid groups (broad SMARTS) is 1. The molecule has 2 unspecified atom stereocenters. The number of ether oxygens (including phenoxy) is 2. The van der Waals surface area contributed by atoms with Gasteiger partial charge in [0.1, 0.15) is 24.1 Å². The predicted octanol–water partition coefficient (Wildman–Crippen LogP) is -0.427. The van der Waals surface area contributed by atoms with Gasteiger partial charge in [-0.3, -0.25) is 4.79 Å². The summed E-state index contributed by atoms with van der Waals surface area (Å²) in [6, 6.07) is 6.44. The second-order valence-electron chi connectivity index (χ2n) is 7.95. The highest BCUT2D eigenvalue weighted by molar-refractivity contribution is 5.91. The van der Waals surface area contributed by atoms with Gasteiger partial charge in [-0.15, -0.1) is 0 Å². The van der Waals surface area contributed by atoms with Crippen LogP contribution in [0.3, 0.4) is 0 Å². The van der Waals surface area contributed by atoms with Crippen LogP contribution in [-0.4, -0.2) is 94.1 Å². The molecule has 2 aliphatic rings. The van der Waals surface area contributed by atoms with Gasteiger partial charge in [0.25, 0.3) is 0 Å². The van der Waals surface area contributed by atoms with Crippen LogP contribution >= 0.6 is 0 Å². The maximum absolute atomic E-state index is 11.9. The Kier molecular flexibility index (Phi) is 8.60. The molecule has 2 fully saturated rings. The minimum atomic E-state index is -1.78. The number of hydrogen-bond acceptors (Lipinski definition) is 8. The Labute approximate surface area is 186 Å². The van der Waals surface area contributed by atoms with Crippen LogP contribution in [0, 0.1) is 0 Å². The van der Waals surface area contributed by atoms with Crippen molar-refractivity contribution in [2.24, 2.45) is 0 Å². The van der Waals surface area contributed by atoms with Crippen molar-refractivity contribution in [2.75, 3.05) is 26.2 Å². The molecule has 5 N–H and O–H groups in total. The molecule has 2 saturated heterocycles. The number of carboxylic acids is 1. The maximum Gasteiger partial charge on any atom is 0.335 e. The van der Waals surface area contributed by atoms with Crippen molar-refractivity contribution in [1.82, 2.24) is 10.2 Å². The van der Waals surface area contributed by atoms with Gasteiger partial charge in [0.15, 0.2) is 6.10 Å². The Morgan fingerprint density at radius 1 is 1.09 bits per heavy atom. The SMILES string of the molecule is O=C(/C=C/c1ccc(O[C@@H]2O[C@H](C(=O)O)C(O)[C@H](O)C2O)cc1)NCCCN1CCCC1. The topological polar surface area (TPSA) is 149 Å². The molecule has 2 heterocycles. The van der Waals surface area contributed by atoms with Crippen molar-refractivity contribution in [3.05, 3.63) is 35.9 Å². The first kappa shape index (κ1) is 24.1. The fourth-order valence-corrected chi connectivity index (χ4v) is 3.69. The third-order valence-corrected chi connectivity index (χ3v) is 5.52. The number of carbonyl (C=O) groups excluding carboxylic acids is 1. The fraction of sp³-hybridized carbons (Fsp3) is 0.545. The van der Waals surface area contributed by atoms with Crippen molar-refractivity contribution in [3.63, 3.8) is 0 Å². The first-order valence-electron chi connectivity index (χ1n) is 10.7. The zero-order chi connectivity index (χ0) is 23.1. The van der Waals surface area contributed by atoms with Gasteiger partial charge in [0.05, 0.1) is 0 Å². The molecule has 176 valence electrons. The third kappa shape index (κ3) is 6.50. The quantitative estimate of drug-likeness (QED) is 0.250. The number of nitrogens with zero attached hydrogens (tertiary/aromatic N) is 1. The Morgan fingerprint density at radius 2 is 1.78 bits per heavy atom. The van der Waals surface area contributed by atoms with Gasteiger partial charge in [-0.1, -0.05) is 12.1 Å². The zero-order valence-corrected chi connectivity index (χ0v) is 17.7. The highest BCUT2D eigenvalue weighted by Crippen LogP contribution is 2.25. The van der Waals surface area contributed by atoms with E-state index in [2.05, 4.69) is 10.2 Å². The van der Waals surface area contributed by atoms with E-state index >= 15 is 0 Å². The number of hydrogen-bond donors (Lipinski definition) is 5. The summed E-state index contributed by atoms with van der Waals surface area (Å²) in [5, 5.41) is 41.5. The van der Waals surface area contributed by atoms with E-state index < -0.39 is 36.7 Å². The molecule has 1 aromatic carbocycles. The first-order valence-corrected chi connectivity index (χ1v) is 10.7. The summed E-state index contributed by atoms with van der Waals surface area (Å²) in [5.41, 5.74) is 0.730. The largest absolute Gasteiger partial charge is 0.479 e. The predicted molar refractivity (Wildman–Crippen MR) is 114 cm³/mol. The number of carbonyl (C=O) groups is 2. The minimum absolute atomic E-state index is 0.183. The smallest absolute Gasteiger partial charge is 0.335 e. The third-order valence-electron chi connectivity index (χ3n) is 5.52. The second kappa shape index (κ2) is 11.4. The van der Waals surface area contributed by atoms with E-state index in [9.17, 15) is 24.9 Å². The highest BCUT2D eigenvalue weighted by Gasteiger charge is 2.48. The molecule has 0 spiro atoms. The fourth-order valence-electron chi connectivity index (χ4n) is 3.69. The van der Waals surface area contributed by atoms with E-state index in [1.807, 2.05) is 0 Å². The molecular weight excluding hydrogens is 420 g/mol. The number of amides is 1. The average molecular weight is 450 g/mol. The Morgan fingerprint density at radius 3 is 2.44 bits per heavy atom. The molecule has 5 atom stereocenters. The van der Waals surface area contributed by atoms with Gasteiger partial charge in [-0.05, 0) is 62.7 Å². The summed E-state index contributed by atoms with van der Waals surface area (Å²) in [7, 11) is 0.